The van der Waals surface area contributed by atoms with Crippen molar-refractivity contribution in [2.75, 3.05) is 44.7 Å². The van der Waals surface area contributed by atoms with Gasteiger partial charge in [-0.15, -0.1) is 0 Å². The van der Waals surface area contributed by atoms with Gasteiger partial charge in [0.2, 0.25) is 0 Å². The summed E-state index contributed by atoms with van der Waals surface area (Å²) in [4.78, 5) is 16.9. The Morgan fingerprint density at radius 2 is 1.96 bits per heavy atom. The number of likely N-dealkylation sites (N-methyl/N-ethyl adjacent to an activating group) is 1. The first kappa shape index (κ1) is 16.1. The van der Waals surface area contributed by atoms with Crippen molar-refractivity contribution in [2.24, 2.45) is 9.98 Å². The van der Waals surface area contributed by atoms with E-state index in [1.54, 1.807) is 0 Å². The second kappa shape index (κ2) is 6.48. The van der Waals surface area contributed by atoms with E-state index in [0.29, 0.717) is 0 Å². The summed E-state index contributed by atoms with van der Waals surface area (Å²) in [5, 5.41) is 0. The first-order valence-corrected chi connectivity index (χ1v) is 9.02. The molecular formula is C20H25N5. The van der Waals surface area contributed by atoms with E-state index in [1.807, 2.05) is 6.08 Å². The van der Waals surface area contributed by atoms with Crippen LogP contribution in [0.3, 0.4) is 0 Å². The van der Waals surface area contributed by atoms with Crippen molar-refractivity contribution in [1.29, 1.82) is 0 Å². The summed E-state index contributed by atoms with van der Waals surface area (Å²) < 4.78 is 0. The van der Waals surface area contributed by atoms with Crippen molar-refractivity contribution in [1.82, 2.24) is 9.80 Å². The van der Waals surface area contributed by atoms with Gasteiger partial charge in [-0.1, -0.05) is 25.6 Å². The minimum atomic E-state index is 0.769. The van der Waals surface area contributed by atoms with E-state index in [2.05, 4.69) is 59.6 Å². The number of hydrogen-bond donors (Lipinski definition) is 0. The number of anilines is 1. The number of rotatable bonds is 2. The Hall–Kier alpha value is -2.40. The minimum Gasteiger partial charge on any atom is -0.351 e. The van der Waals surface area contributed by atoms with Crippen LogP contribution in [0.25, 0.3) is 6.08 Å². The molecule has 1 fully saturated rings. The van der Waals surface area contributed by atoms with Gasteiger partial charge in [0.15, 0.2) is 11.7 Å². The van der Waals surface area contributed by atoms with Crippen LogP contribution >= 0.6 is 0 Å². The first-order valence-electron chi connectivity index (χ1n) is 9.02. The summed E-state index contributed by atoms with van der Waals surface area (Å²) in [5.74, 6) is 1.99. The predicted octanol–water partition coefficient (Wildman–Crippen LogP) is 3.13. The lowest BCUT2D eigenvalue weighted by molar-refractivity contribution is 0.217. The highest BCUT2D eigenvalue weighted by Gasteiger charge is 2.32. The number of nitrogens with zero attached hydrogens (tertiary/aromatic N) is 5. The van der Waals surface area contributed by atoms with E-state index in [0.717, 1.165) is 67.8 Å². The molecule has 0 aliphatic carbocycles. The molecule has 130 valence electrons. The fourth-order valence-electron chi connectivity index (χ4n) is 3.45. The van der Waals surface area contributed by atoms with Crippen LogP contribution in [0.15, 0.2) is 46.5 Å². The molecule has 0 spiro atoms. The zero-order valence-corrected chi connectivity index (χ0v) is 15.1. The third-order valence-corrected chi connectivity index (χ3v) is 5.15. The average molecular weight is 335 g/mol. The standard InChI is InChI=1S/C20H25N5/c1-4-15-6-7-17-18(12-15)25-14-16(5-2)13-21-19(25)20(22-17)24-10-8-23(3)9-11-24/h4,6-7,12,14H,1,5,8-11,13H2,2-3H3. The SMILES string of the molecule is C=Cc1ccc2c(c1)N1C=C(CC)CN=C1C(N1CCN(C)CC1)=N2. The molecule has 1 aromatic rings. The molecule has 0 bridgehead atoms. The summed E-state index contributed by atoms with van der Waals surface area (Å²) in [7, 11) is 2.17. The molecule has 3 aliphatic heterocycles. The molecule has 0 N–H and O–H groups in total. The Morgan fingerprint density at radius 3 is 2.68 bits per heavy atom. The molecule has 0 atom stereocenters. The Balaban J connectivity index is 1.79. The summed E-state index contributed by atoms with van der Waals surface area (Å²) in [5.41, 5.74) is 4.55. The summed E-state index contributed by atoms with van der Waals surface area (Å²) >= 11 is 0. The molecule has 0 aromatic heterocycles. The second-order valence-corrected chi connectivity index (χ2v) is 6.83. The first-order chi connectivity index (χ1) is 12.2. The van der Waals surface area contributed by atoms with Crippen molar-refractivity contribution >= 4 is 29.1 Å². The third kappa shape index (κ3) is 2.89. The van der Waals surface area contributed by atoms with Crippen LogP contribution in [0.4, 0.5) is 11.4 Å². The molecular weight excluding hydrogens is 310 g/mol. The number of hydrogen-bond acceptors (Lipinski definition) is 5. The van der Waals surface area contributed by atoms with E-state index in [1.165, 1.54) is 5.57 Å². The second-order valence-electron chi connectivity index (χ2n) is 6.83. The van der Waals surface area contributed by atoms with Gasteiger partial charge < -0.3 is 9.80 Å². The highest BCUT2D eigenvalue weighted by atomic mass is 15.3. The van der Waals surface area contributed by atoms with Crippen molar-refractivity contribution < 1.29 is 0 Å². The smallest absolute Gasteiger partial charge is 0.176 e. The zero-order valence-electron chi connectivity index (χ0n) is 15.1. The number of piperazine rings is 1. The Bertz CT molecular complexity index is 781. The van der Waals surface area contributed by atoms with Crippen LogP contribution in [0.1, 0.15) is 18.9 Å². The van der Waals surface area contributed by atoms with Crippen LogP contribution in [-0.4, -0.2) is 61.2 Å². The van der Waals surface area contributed by atoms with E-state index < -0.39 is 0 Å². The van der Waals surface area contributed by atoms with Gasteiger partial charge in [-0.25, -0.2) is 4.99 Å². The lowest BCUT2D eigenvalue weighted by atomic mass is 10.1. The van der Waals surface area contributed by atoms with Gasteiger partial charge in [0.1, 0.15) is 0 Å². The molecule has 1 aromatic carbocycles. The molecule has 0 unspecified atom stereocenters. The van der Waals surface area contributed by atoms with E-state index >= 15 is 0 Å². The van der Waals surface area contributed by atoms with Crippen LogP contribution in [-0.2, 0) is 0 Å². The summed E-state index contributed by atoms with van der Waals surface area (Å²) in [6, 6.07) is 6.32. The molecule has 0 amide bonds. The van der Waals surface area contributed by atoms with Crippen LogP contribution in [0, 0.1) is 0 Å². The summed E-state index contributed by atoms with van der Waals surface area (Å²) in [6.07, 6.45) is 5.15. The minimum absolute atomic E-state index is 0.769. The van der Waals surface area contributed by atoms with Crippen LogP contribution in [0.5, 0.6) is 0 Å². The molecule has 4 rings (SSSR count). The van der Waals surface area contributed by atoms with Gasteiger partial charge in [0.05, 0.1) is 17.9 Å². The van der Waals surface area contributed by atoms with Gasteiger partial charge in [-0.05, 0) is 36.7 Å². The topological polar surface area (TPSA) is 34.4 Å². The highest BCUT2D eigenvalue weighted by molar-refractivity contribution is 6.47. The number of aliphatic imine (C=N–C) groups is 2. The normalized spacial score (nSPS) is 20.3. The molecule has 0 radical (unpaired) electrons. The highest BCUT2D eigenvalue weighted by Crippen LogP contribution is 2.37. The number of benzene rings is 1. The van der Waals surface area contributed by atoms with Crippen LogP contribution in [0.2, 0.25) is 0 Å². The quantitative estimate of drug-likeness (QED) is 0.833. The molecule has 25 heavy (non-hydrogen) atoms. The van der Waals surface area contributed by atoms with E-state index in [9.17, 15) is 0 Å². The lowest BCUT2D eigenvalue weighted by Gasteiger charge is -2.40. The van der Waals surface area contributed by atoms with Crippen molar-refractivity contribution in [2.45, 2.75) is 13.3 Å². The maximum Gasteiger partial charge on any atom is 0.176 e. The van der Waals surface area contributed by atoms with E-state index in [-0.39, 0.29) is 0 Å². The molecule has 3 aliphatic rings. The fraction of sp³-hybridized carbons (Fsp3) is 0.400. The van der Waals surface area contributed by atoms with E-state index in [4.69, 9.17) is 9.98 Å². The van der Waals surface area contributed by atoms with Gasteiger partial charge in [0.25, 0.3) is 0 Å². The van der Waals surface area contributed by atoms with Gasteiger partial charge in [-0.3, -0.25) is 9.89 Å². The molecule has 0 saturated carbocycles. The van der Waals surface area contributed by atoms with Crippen LogP contribution < -0.4 is 4.90 Å². The largest absolute Gasteiger partial charge is 0.351 e. The zero-order chi connectivity index (χ0) is 17.4. The predicted molar refractivity (Wildman–Crippen MR) is 106 cm³/mol. The van der Waals surface area contributed by atoms with Gasteiger partial charge in [-0.2, -0.15) is 0 Å². The third-order valence-electron chi connectivity index (χ3n) is 5.15. The van der Waals surface area contributed by atoms with Crippen molar-refractivity contribution in [3.8, 4) is 0 Å². The summed E-state index contributed by atoms with van der Waals surface area (Å²) in [6.45, 7) is 11.0. The lowest BCUT2D eigenvalue weighted by Crippen LogP contribution is -2.53. The monoisotopic (exact) mass is 335 g/mol. The van der Waals surface area contributed by atoms with Gasteiger partial charge >= 0.3 is 0 Å². The Kier molecular flexibility index (Phi) is 4.17. The molecule has 1 saturated heterocycles. The maximum absolute atomic E-state index is 4.99. The number of fused-ring (bicyclic) bond motifs is 3. The van der Waals surface area contributed by atoms with Crippen molar-refractivity contribution in [3.63, 3.8) is 0 Å². The maximum atomic E-state index is 4.99. The Labute approximate surface area is 149 Å². The average Bonchev–Trinajstić information content (AvgIpc) is 2.67. The number of amidine groups is 2. The van der Waals surface area contributed by atoms with Gasteiger partial charge in [0, 0.05) is 32.4 Å². The molecule has 5 nitrogen and oxygen atoms in total. The molecule has 5 heteroatoms. The Morgan fingerprint density at radius 1 is 1.16 bits per heavy atom. The van der Waals surface area contributed by atoms with Crippen molar-refractivity contribution in [3.05, 3.63) is 42.1 Å². The molecule has 3 heterocycles. The fourth-order valence-corrected chi connectivity index (χ4v) is 3.45.